The fourth-order valence-electron chi connectivity index (χ4n) is 2.90. The van der Waals surface area contributed by atoms with Crippen molar-refractivity contribution in [1.29, 1.82) is 0 Å². The van der Waals surface area contributed by atoms with Gasteiger partial charge in [-0.3, -0.25) is 9.59 Å². The van der Waals surface area contributed by atoms with Crippen molar-refractivity contribution in [3.63, 3.8) is 0 Å². The first-order chi connectivity index (χ1) is 12.7. The van der Waals surface area contributed by atoms with E-state index in [0.717, 1.165) is 5.82 Å². The largest absolute Gasteiger partial charge is 0.417 e. The molecule has 0 bridgehead atoms. The number of hydrogen-bond acceptors (Lipinski definition) is 4. The minimum Gasteiger partial charge on any atom is -0.357 e. The summed E-state index contributed by atoms with van der Waals surface area (Å²) in [5, 5.41) is 2.85. The number of rotatable bonds is 3. The topological polar surface area (TPSA) is 78.1 Å². The number of carbonyl (C=O) groups is 1. The third kappa shape index (κ3) is 4.60. The predicted octanol–water partition coefficient (Wildman–Crippen LogP) is 3.30. The van der Waals surface area contributed by atoms with E-state index >= 15 is 0 Å². The van der Waals surface area contributed by atoms with Crippen molar-refractivity contribution >= 4 is 29.0 Å². The van der Waals surface area contributed by atoms with Gasteiger partial charge >= 0.3 is 6.18 Å². The smallest absolute Gasteiger partial charge is 0.357 e. The van der Waals surface area contributed by atoms with Crippen molar-refractivity contribution < 1.29 is 18.0 Å². The number of aromatic nitrogens is 2. The summed E-state index contributed by atoms with van der Waals surface area (Å²) in [5.41, 5.74) is -2.21. The van der Waals surface area contributed by atoms with Crippen molar-refractivity contribution in [2.24, 2.45) is 5.92 Å². The Morgan fingerprint density at radius 1 is 1.30 bits per heavy atom. The molecule has 0 aliphatic carbocycles. The van der Waals surface area contributed by atoms with Gasteiger partial charge in [0.05, 0.1) is 10.6 Å². The molecule has 3 heterocycles. The zero-order chi connectivity index (χ0) is 19.6. The molecule has 10 heteroatoms. The van der Waals surface area contributed by atoms with Crippen LogP contribution in [0.5, 0.6) is 0 Å². The molecule has 144 valence electrons. The van der Waals surface area contributed by atoms with E-state index in [1.165, 1.54) is 6.20 Å². The Kier molecular flexibility index (Phi) is 5.41. The number of nitrogens with one attached hydrogen (secondary N) is 2. The quantitative estimate of drug-likeness (QED) is 0.828. The Hall–Kier alpha value is -2.55. The third-order valence-electron chi connectivity index (χ3n) is 4.39. The van der Waals surface area contributed by atoms with Crippen LogP contribution in [-0.2, 0) is 11.0 Å². The van der Waals surface area contributed by atoms with Gasteiger partial charge in [0.2, 0.25) is 5.91 Å². The van der Waals surface area contributed by atoms with E-state index in [0.29, 0.717) is 43.2 Å². The van der Waals surface area contributed by atoms with Crippen molar-refractivity contribution in [2.75, 3.05) is 23.3 Å². The van der Waals surface area contributed by atoms with Gasteiger partial charge in [-0.25, -0.2) is 4.98 Å². The Balaban J connectivity index is 1.63. The Morgan fingerprint density at radius 3 is 2.59 bits per heavy atom. The predicted molar refractivity (Wildman–Crippen MR) is 94.9 cm³/mol. The summed E-state index contributed by atoms with van der Waals surface area (Å²) in [6, 6.07) is 4.15. The summed E-state index contributed by atoms with van der Waals surface area (Å²) in [6.07, 6.45) is -1.51. The van der Waals surface area contributed by atoms with E-state index in [-0.39, 0.29) is 0 Å². The number of nitrogens with zero attached hydrogens (tertiary/aromatic N) is 2. The van der Waals surface area contributed by atoms with Crippen LogP contribution in [0.4, 0.5) is 24.7 Å². The molecule has 0 atom stereocenters. The van der Waals surface area contributed by atoms with Crippen LogP contribution in [-0.4, -0.2) is 29.0 Å². The molecule has 27 heavy (non-hydrogen) atoms. The first kappa shape index (κ1) is 19.2. The lowest BCUT2D eigenvalue weighted by Crippen LogP contribution is -2.39. The molecule has 0 spiro atoms. The summed E-state index contributed by atoms with van der Waals surface area (Å²) in [5.74, 6) is -0.126. The second-order valence-corrected chi connectivity index (χ2v) is 6.65. The number of H-pyrrole nitrogens is 1. The van der Waals surface area contributed by atoms with Crippen LogP contribution in [0.3, 0.4) is 0 Å². The van der Waals surface area contributed by atoms with E-state index in [1.807, 2.05) is 9.88 Å². The molecule has 2 N–H and O–H groups in total. The van der Waals surface area contributed by atoms with Crippen molar-refractivity contribution in [2.45, 2.75) is 19.0 Å². The Bertz CT molecular complexity index is 875. The minimum atomic E-state index is -4.61. The number of carbonyl (C=O) groups excluding carboxylic acids is 1. The summed E-state index contributed by atoms with van der Waals surface area (Å²) >= 11 is 5.81. The molecule has 0 unspecified atom stereocenters. The first-order valence-electron chi connectivity index (χ1n) is 8.21. The van der Waals surface area contributed by atoms with E-state index in [1.54, 1.807) is 12.1 Å². The van der Waals surface area contributed by atoms with Gasteiger partial charge in [0, 0.05) is 31.4 Å². The minimum absolute atomic E-state index is 0.400. The summed E-state index contributed by atoms with van der Waals surface area (Å²) < 4.78 is 38.3. The first-order valence-corrected chi connectivity index (χ1v) is 8.59. The zero-order valence-electron chi connectivity index (χ0n) is 14.0. The van der Waals surface area contributed by atoms with Crippen LogP contribution in [0, 0.1) is 5.92 Å². The number of halogens is 4. The van der Waals surface area contributed by atoms with Crippen molar-refractivity contribution in [1.82, 2.24) is 9.97 Å². The lowest BCUT2D eigenvalue weighted by Gasteiger charge is -2.32. The average Bonchev–Trinajstić information content (AvgIpc) is 2.63. The van der Waals surface area contributed by atoms with Crippen LogP contribution >= 0.6 is 11.6 Å². The Morgan fingerprint density at radius 2 is 2.00 bits per heavy atom. The Labute approximate surface area is 157 Å². The number of piperidine rings is 1. The van der Waals surface area contributed by atoms with Gasteiger partial charge in [-0.2, -0.15) is 13.2 Å². The molecule has 1 saturated heterocycles. The SMILES string of the molecule is O=C(Nc1cc(C(F)(F)F)c[nH]c1=O)C1CCN(c2ccc(Cl)cn2)CC1. The number of hydrogen-bond donors (Lipinski definition) is 2. The second kappa shape index (κ2) is 7.59. The highest BCUT2D eigenvalue weighted by Gasteiger charge is 2.32. The normalized spacial score (nSPS) is 15.6. The highest BCUT2D eigenvalue weighted by molar-refractivity contribution is 6.30. The summed E-state index contributed by atoms with van der Waals surface area (Å²) in [4.78, 5) is 32.3. The molecule has 2 aromatic heterocycles. The van der Waals surface area contributed by atoms with Crippen LogP contribution in [0.2, 0.25) is 5.02 Å². The maximum Gasteiger partial charge on any atom is 0.417 e. The summed E-state index contributed by atoms with van der Waals surface area (Å²) in [7, 11) is 0. The van der Waals surface area contributed by atoms with E-state index < -0.39 is 34.8 Å². The van der Waals surface area contributed by atoms with Gasteiger partial charge in [0.25, 0.3) is 5.56 Å². The van der Waals surface area contributed by atoms with Crippen molar-refractivity contribution in [3.8, 4) is 0 Å². The number of anilines is 2. The lowest BCUT2D eigenvalue weighted by molar-refractivity contribution is -0.137. The number of alkyl halides is 3. The molecule has 1 aliphatic rings. The number of amides is 1. The molecule has 6 nitrogen and oxygen atoms in total. The fourth-order valence-corrected chi connectivity index (χ4v) is 3.01. The van der Waals surface area contributed by atoms with Crippen LogP contribution in [0.15, 0.2) is 35.4 Å². The maximum atomic E-state index is 12.8. The van der Waals surface area contributed by atoms with E-state index in [9.17, 15) is 22.8 Å². The van der Waals surface area contributed by atoms with Gasteiger partial charge in [-0.1, -0.05) is 11.6 Å². The third-order valence-corrected chi connectivity index (χ3v) is 4.61. The molecule has 0 saturated carbocycles. The van der Waals surface area contributed by atoms with Crippen molar-refractivity contribution in [3.05, 3.63) is 51.5 Å². The zero-order valence-corrected chi connectivity index (χ0v) is 14.8. The molecule has 3 rings (SSSR count). The molecular weight excluding hydrogens is 385 g/mol. The molecule has 1 aliphatic heterocycles. The van der Waals surface area contributed by atoms with Crippen LogP contribution < -0.4 is 15.8 Å². The summed E-state index contributed by atoms with van der Waals surface area (Å²) in [6.45, 7) is 1.12. The lowest BCUT2D eigenvalue weighted by atomic mass is 9.96. The van der Waals surface area contributed by atoms with Gasteiger partial charge < -0.3 is 15.2 Å². The van der Waals surface area contributed by atoms with E-state index in [2.05, 4.69) is 10.3 Å². The number of aromatic amines is 1. The fraction of sp³-hybridized carbons (Fsp3) is 0.353. The van der Waals surface area contributed by atoms with Crippen LogP contribution in [0.25, 0.3) is 0 Å². The number of pyridine rings is 2. The van der Waals surface area contributed by atoms with Gasteiger partial charge in [-0.15, -0.1) is 0 Å². The average molecular weight is 401 g/mol. The molecule has 1 amide bonds. The molecular formula is C17H16ClF3N4O2. The monoisotopic (exact) mass is 400 g/mol. The van der Waals surface area contributed by atoms with Gasteiger partial charge in [0.15, 0.2) is 0 Å². The van der Waals surface area contributed by atoms with Gasteiger partial charge in [-0.05, 0) is 31.0 Å². The highest BCUT2D eigenvalue weighted by atomic mass is 35.5. The van der Waals surface area contributed by atoms with Crippen LogP contribution in [0.1, 0.15) is 18.4 Å². The standard InChI is InChI=1S/C17H16ClF3N4O2/c18-12-1-2-14(22-9-12)25-5-3-10(4-6-25)15(26)24-13-7-11(17(19,20)21)8-23-16(13)27/h1-2,7-10H,3-6H2,(H,23,27)(H,24,26). The van der Waals surface area contributed by atoms with E-state index in [4.69, 9.17) is 11.6 Å². The molecule has 1 fully saturated rings. The maximum absolute atomic E-state index is 12.8. The highest BCUT2D eigenvalue weighted by Crippen LogP contribution is 2.29. The van der Waals surface area contributed by atoms with Gasteiger partial charge in [0.1, 0.15) is 11.5 Å². The molecule has 2 aromatic rings. The molecule has 0 aromatic carbocycles. The second-order valence-electron chi connectivity index (χ2n) is 6.21. The molecule has 0 radical (unpaired) electrons.